The minimum atomic E-state index is -0.264. The lowest BCUT2D eigenvalue weighted by molar-refractivity contribution is 0.160. The van der Waals surface area contributed by atoms with Gasteiger partial charge >= 0.3 is 6.09 Å². The highest BCUT2D eigenvalue weighted by Gasteiger charge is 2.45. The first kappa shape index (κ1) is 18.3. The lowest BCUT2D eigenvalue weighted by atomic mass is 9.68. The molecule has 0 aromatic heterocycles. The Balaban J connectivity index is 1.45. The molecule has 3 aromatic carbocycles. The van der Waals surface area contributed by atoms with Gasteiger partial charge < -0.3 is 9.64 Å². The molecule has 146 valence electrons. The molecule has 3 unspecified atom stereocenters. The van der Waals surface area contributed by atoms with E-state index in [4.69, 9.17) is 16.3 Å². The van der Waals surface area contributed by atoms with Crippen molar-refractivity contribution < 1.29 is 9.53 Å². The van der Waals surface area contributed by atoms with Gasteiger partial charge in [0, 0.05) is 24.0 Å². The zero-order chi connectivity index (χ0) is 19.8. The quantitative estimate of drug-likeness (QED) is 0.543. The average Bonchev–Trinajstić information content (AvgIpc) is 3.17. The molecule has 5 rings (SSSR count). The Bertz CT molecular complexity index is 1020. The molecule has 3 aromatic rings. The Hall–Kier alpha value is -2.78. The molecule has 0 bridgehead atoms. The van der Waals surface area contributed by atoms with Crippen molar-refractivity contribution in [2.75, 3.05) is 13.1 Å². The van der Waals surface area contributed by atoms with Crippen molar-refractivity contribution in [3.05, 3.63) is 101 Å². The molecule has 3 nitrogen and oxygen atoms in total. The van der Waals surface area contributed by atoms with Crippen molar-refractivity contribution >= 4 is 17.7 Å². The van der Waals surface area contributed by atoms with Crippen molar-refractivity contribution in [1.82, 2.24) is 4.90 Å². The second-order valence-electron chi connectivity index (χ2n) is 7.95. The maximum atomic E-state index is 12.8. The lowest BCUT2D eigenvalue weighted by Crippen LogP contribution is -2.32. The lowest BCUT2D eigenvalue weighted by Gasteiger charge is -2.35. The van der Waals surface area contributed by atoms with E-state index in [9.17, 15) is 4.79 Å². The number of fused-ring (bicyclic) bond motifs is 2. The van der Waals surface area contributed by atoms with Gasteiger partial charge in [-0.25, -0.2) is 4.79 Å². The van der Waals surface area contributed by atoms with Gasteiger partial charge in [-0.05, 0) is 59.2 Å². The molecule has 0 N–H and O–H groups in total. The molecule has 1 aliphatic carbocycles. The highest BCUT2D eigenvalue weighted by atomic mass is 35.5. The van der Waals surface area contributed by atoms with Crippen molar-refractivity contribution in [3.8, 4) is 5.75 Å². The minimum Gasteiger partial charge on any atom is -0.410 e. The predicted molar refractivity (Wildman–Crippen MR) is 114 cm³/mol. The van der Waals surface area contributed by atoms with Gasteiger partial charge in [-0.3, -0.25) is 0 Å². The monoisotopic (exact) mass is 403 g/mol. The number of para-hydroxylation sites is 1. The summed E-state index contributed by atoms with van der Waals surface area (Å²) in [7, 11) is 0. The summed E-state index contributed by atoms with van der Waals surface area (Å²) in [4.78, 5) is 14.7. The molecular weight excluding hydrogens is 382 g/mol. The van der Waals surface area contributed by atoms with Crippen LogP contribution < -0.4 is 4.74 Å². The van der Waals surface area contributed by atoms with E-state index in [0.29, 0.717) is 24.1 Å². The van der Waals surface area contributed by atoms with Gasteiger partial charge in [-0.15, -0.1) is 0 Å². The number of rotatable bonds is 2. The number of amides is 1. The first-order valence-corrected chi connectivity index (χ1v) is 10.4. The molecule has 1 aliphatic heterocycles. The first-order chi connectivity index (χ1) is 14.2. The highest BCUT2D eigenvalue weighted by Crippen LogP contribution is 2.47. The van der Waals surface area contributed by atoms with Crippen molar-refractivity contribution in [2.24, 2.45) is 11.8 Å². The zero-order valence-corrected chi connectivity index (χ0v) is 16.8. The van der Waals surface area contributed by atoms with E-state index in [1.54, 1.807) is 0 Å². The van der Waals surface area contributed by atoms with Crippen LogP contribution in [0.2, 0.25) is 5.02 Å². The fourth-order valence-corrected chi connectivity index (χ4v) is 5.12. The Morgan fingerprint density at radius 2 is 1.66 bits per heavy atom. The molecule has 0 radical (unpaired) electrons. The van der Waals surface area contributed by atoms with Crippen molar-refractivity contribution in [2.45, 2.75) is 12.3 Å². The van der Waals surface area contributed by atoms with E-state index in [1.807, 2.05) is 47.4 Å². The Morgan fingerprint density at radius 1 is 0.931 bits per heavy atom. The maximum absolute atomic E-state index is 12.8. The standard InChI is InChI=1S/C25H22ClNO2/c26-20-12-11-18-13-19-15-27(25(28)29-21-9-5-2-6-10-21)16-23(19)24(22(18)14-20)17-7-3-1-4-8-17/h1-12,14,19,23-24H,13,15-16H2. The van der Waals surface area contributed by atoms with Gasteiger partial charge in [0.25, 0.3) is 0 Å². The van der Waals surface area contributed by atoms with Gasteiger partial charge in [-0.2, -0.15) is 0 Å². The molecule has 1 heterocycles. The van der Waals surface area contributed by atoms with E-state index in [0.717, 1.165) is 18.0 Å². The Labute approximate surface area is 175 Å². The number of carbonyl (C=O) groups is 1. The van der Waals surface area contributed by atoms with E-state index in [1.165, 1.54) is 16.7 Å². The summed E-state index contributed by atoms with van der Waals surface area (Å²) >= 11 is 6.36. The van der Waals surface area contributed by atoms with E-state index >= 15 is 0 Å². The smallest absolute Gasteiger partial charge is 0.410 e. The SMILES string of the molecule is O=C(Oc1ccccc1)N1CC2Cc3ccc(Cl)cc3C(c3ccccc3)C2C1. The molecule has 0 spiro atoms. The van der Waals surface area contributed by atoms with E-state index in [-0.39, 0.29) is 12.0 Å². The third-order valence-corrected chi connectivity index (χ3v) is 6.45. The summed E-state index contributed by atoms with van der Waals surface area (Å²) < 4.78 is 5.61. The number of benzene rings is 3. The van der Waals surface area contributed by atoms with Crippen LogP contribution in [0.4, 0.5) is 4.79 Å². The van der Waals surface area contributed by atoms with Crippen LogP contribution in [0.1, 0.15) is 22.6 Å². The molecule has 1 amide bonds. The van der Waals surface area contributed by atoms with Crippen LogP contribution >= 0.6 is 11.6 Å². The van der Waals surface area contributed by atoms with Crippen LogP contribution in [0.5, 0.6) is 5.75 Å². The first-order valence-electron chi connectivity index (χ1n) is 10.0. The summed E-state index contributed by atoms with van der Waals surface area (Å²) in [6.45, 7) is 1.42. The number of ether oxygens (including phenoxy) is 1. The fraction of sp³-hybridized carbons (Fsp3) is 0.240. The largest absolute Gasteiger partial charge is 0.415 e. The summed E-state index contributed by atoms with van der Waals surface area (Å²) in [6, 6.07) is 26.1. The fourth-order valence-electron chi connectivity index (χ4n) is 4.93. The van der Waals surface area contributed by atoms with Crippen molar-refractivity contribution in [1.29, 1.82) is 0 Å². The molecule has 4 heteroatoms. The average molecular weight is 404 g/mol. The molecule has 29 heavy (non-hydrogen) atoms. The molecule has 0 saturated carbocycles. The van der Waals surface area contributed by atoms with Crippen LogP contribution in [0.3, 0.4) is 0 Å². The number of halogens is 1. The number of likely N-dealkylation sites (tertiary alicyclic amines) is 1. The van der Waals surface area contributed by atoms with Gasteiger partial charge in [0.1, 0.15) is 5.75 Å². The normalized spacial score (nSPS) is 22.7. The number of carbonyl (C=O) groups excluding carboxylic acids is 1. The van der Waals surface area contributed by atoms with Gasteiger partial charge in [0.15, 0.2) is 0 Å². The number of hydrogen-bond donors (Lipinski definition) is 0. The molecule has 1 fully saturated rings. The molecule has 2 aliphatic rings. The van der Waals surface area contributed by atoms with Crippen LogP contribution in [0, 0.1) is 11.8 Å². The second kappa shape index (κ2) is 7.57. The van der Waals surface area contributed by atoms with Crippen LogP contribution in [-0.2, 0) is 6.42 Å². The third-order valence-electron chi connectivity index (χ3n) is 6.21. The topological polar surface area (TPSA) is 29.5 Å². The van der Waals surface area contributed by atoms with Crippen molar-refractivity contribution in [3.63, 3.8) is 0 Å². The van der Waals surface area contributed by atoms with Crippen LogP contribution in [0.15, 0.2) is 78.9 Å². The van der Waals surface area contributed by atoms with Gasteiger partial charge in [0.05, 0.1) is 0 Å². The van der Waals surface area contributed by atoms with Crippen LogP contribution in [0.25, 0.3) is 0 Å². The molecule has 3 atom stereocenters. The summed E-state index contributed by atoms with van der Waals surface area (Å²) in [6.07, 6.45) is 0.704. The third kappa shape index (κ3) is 3.51. The summed E-state index contributed by atoms with van der Waals surface area (Å²) in [5.74, 6) is 1.59. The van der Waals surface area contributed by atoms with Gasteiger partial charge in [0.2, 0.25) is 0 Å². The highest BCUT2D eigenvalue weighted by molar-refractivity contribution is 6.30. The minimum absolute atomic E-state index is 0.234. The summed E-state index contributed by atoms with van der Waals surface area (Å²) in [5.41, 5.74) is 3.91. The maximum Gasteiger partial charge on any atom is 0.415 e. The van der Waals surface area contributed by atoms with E-state index < -0.39 is 0 Å². The number of nitrogens with zero attached hydrogens (tertiary/aromatic N) is 1. The van der Waals surface area contributed by atoms with E-state index in [2.05, 4.69) is 36.4 Å². The predicted octanol–water partition coefficient (Wildman–Crippen LogP) is 5.78. The Kier molecular flexibility index (Phi) is 4.76. The van der Waals surface area contributed by atoms with Gasteiger partial charge in [-0.1, -0.05) is 66.2 Å². The molecular formula is C25H22ClNO2. The van der Waals surface area contributed by atoms with Crippen LogP contribution in [-0.4, -0.2) is 24.1 Å². The summed E-state index contributed by atoms with van der Waals surface area (Å²) in [5, 5.41) is 0.765. The number of hydrogen-bond acceptors (Lipinski definition) is 2. The zero-order valence-electron chi connectivity index (χ0n) is 16.0. The Morgan fingerprint density at radius 3 is 2.41 bits per heavy atom. The molecule has 1 saturated heterocycles. The second-order valence-corrected chi connectivity index (χ2v) is 8.38.